The maximum Gasteiger partial charge on any atom is 0.257 e. The number of nitrogens with zero attached hydrogens (tertiary/aromatic N) is 2. The Kier molecular flexibility index (Phi) is 3.98. The number of piperidine rings is 1. The lowest BCUT2D eigenvalue weighted by Gasteiger charge is -2.38. The van der Waals surface area contributed by atoms with Gasteiger partial charge in [0.1, 0.15) is 18.1 Å². The molecule has 4 heterocycles. The predicted molar refractivity (Wildman–Crippen MR) is 85.8 cm³/mol. The van der Waals surface area contributed by atoms with Crippen molar-refractivity contribution in [2.24, 2.45) is 0 Å². The third kappa shape index (κ3) is 3.01. The lowest BCUT2D eigenvalue weighted by Crippen LogP contribution is -2.46. The summed E-state index contributed by atoms with van der Waals surface area (Å²) in [5, 5.41) is 0. The Labute approximate surface area is 140 Å². The second kappa shape index (κ2) is 6.28. The first-order chi connectivity index (χ1) is 11.7. The zero-order valence-corrected chi connectivity index (χ0v) is 13.4. The summed E-state index contributed by atoms with van der Waals surface area (Å²) in [6.45, 7) is 1.98. The predicted octanol–water partition coefficient (Wildman–Crippen LogP) is 2.52. The fourth-order valence-corrected chi connectivity index (χ4v) is 3.52. The van der Waals surface area contributed by atoms with E-state index in [4.69, 9.17) is 13.9 Å². The summed E-state index contributed by atoms with van der Waals surface area (Å²) < 4.78 is 17.0. The molecule has 1 spiro atoms. The summed E-state index contributed by atoms with van der Waals surface area (Å²) in [6.07, 6.45) is 9.05. The number of carbonyl (C=O) groups is 1. The molecule has 1 unspecified atom stereocenters. The normalized spacial score (nSPS) is 22.7. The monoisotopic (exact) mass is 328 g/mol. The second-order valence-corrected chi connectivity index (χ2v) is 6.43. The third-order valence-electron chi connectivity index (χ3n) is 4.84. The van der Waals surface area contributed by atoms with Crippen LogP contribution in [0.2, 0.25) is 0 Å². The minimum atomic E-state index is -0.167. The van der Waals surface area contributed by atoms with Crippen LogP contribution >= 0.6 is 0 Å². The molecule has 1 amide bonds. The van der Waals surface area contributed by atoms with E-state index >= 15 is 0 Å². The molecule has 2 aliphatic rings. The van der Waals surface area contributed by atoms with Gasteiger partial charge in [-0.3, -0.25) is 9.78 Å². The maximum atomic E-state index is 12.4. The van der Waals surface area contributed by atoms with Gasteiger partial charge in [0, 0.05) is 25.7 Å². The summed E-state index contributed by atoms with van der Waals surface area (Å²) in [4.78, 5) is 18.3. The number of amides is 1. The minimum Gasteiger partial charge on any atom is -0.486 e. The SMILES string of the molecule is O=C(c1ccoc1)N1CCC2(CC1)CC(Oc1cccnc1)CO2. The first-order valence-corrected chi connectivity index (χ1v) is 8.26. The second-order valence-electron chi connectivity index (χ2n) is 6.43. The standard InChI is InChI=1S/C18H20N2O4/c21-17(14-3-9-22-12-14)20-7-4-18(5-8-20)10-16(13-23-18)24-15-2-1-6-19-11-15/h1-3,6,9,11-12,16H,4-5,7-8,10,13H2. The highest BCUT2D eigenvalue weighted by atomic mass is 16.6. The quantitative estimate of drug-likeness (QED) is 0.866. The molecule has 6 heteroatoms. The van der Waals surface area contributed by atoms with Crippen LogP contribution in [0.3, 0.4) is 0 Å². The van der Waals surface area contributed by atoms with E-state index in [1.54, 1.807) is 18.5 Å². The van der Waals surface area contributed by atoms with Gasteiger partial charge < -0.3 is 18.8 Å². The fraction of sp³-hybridized carbons (Fsp3) is 0.444. The topological polar surface area (TPSA) is 64.8 Å². The van der Waals surface area contributed by atoms with Crippen LogP contribution in [-0.2, 0) is 4.74 Å². The van der Waals surface area contributed by atoms with E-state index in [9.17, 15) is 4.79 Å². The summed E-state index contributed by atoms with van der Waals surface area (Å²) in [5.41, 5.74) is 0.441. The largest absolute Gasteiger partial charge is 0.486 e. The lowest BCUT2D eigenvalue weighted by atomic mass is 9.88. The van der Waals surface area contributed by atoms with Gasteiger partial charge in [-0.25, -0.2) is 0 Å². The van der Waals surface area contributed by atoms with Crippen LogP contribution in [-0.4, -0.2) is 47.2 Å². The molecule has 4 rings (SSSR count). The van der Waals surface area contributed by atoms with Crippen molar-refractivity contribution in [3.63, 3.8) is 0 Å². The fourth-order valence-electron chi connectivity index (χ4n) is 3.52. The Morgan fingerprint density at radius 2 is 2.21 bits per heavy atom. The lowest BCUT2D eigenvalue weighted by molar-refractivity contribution is -0.0395. The Hall–Kier alpha value is -2.34. The van der Waals surface area contributed by atoms with Crippen molar-refractivity contribution in [2.45, 2.75) is 31.0 Å². The van der Waals surface area contributed by atoms with E-state index in [2.05, 4.69) is 4.98 Å². The summed E-state index contributed by atoms with van der Waals surface area (Å²) in [6, 6.07) is 5.47. The van der Waals surface area contributed by atoms with Gasteiger partial charge in [-0.2, -0.15) is 0 Å². The third-order valence-corrected chi connectivity index (χ3v) is 4.84. The molecule has 6 nitrogen and oxygen atoms in total. The first kappa shape index (κ1) is 15.2. The number of likely N-dealkylation sites (tertiary alicyclic amines) is 1. The number of hydrogen-bond donors (Lipinski definition) is 0. The van der Waals surface area contributed by atoms with Gasteiger partial charge in [0.05, 0.1) is 30.2 Å². The van der Waals surface area contributed by atoms with E-state index < -0.39 is 0 Å². The van der Waals surface area contributed by atoms with Crippen molar-refractivity contribution < 1.29 is 18.7 Å². The van der Waals surface area contributed by atoms with Gasteiger partial charge in [-0.15, -0.1) is 0 Å². The van der Waals surface area contributed by atoms with Crippen LogP contribution in [0.4, 0.5) is 0 Å². The van der Waals surface area contributed by atoms with E-state index in [1.807, 2.05) is 17.0 Å². The highest BCUT2D eigenvalue weighted by Gasteiger charge is 2.44. The zero-order valence-electron chi connectivity index (χ0n) is 13.4. The molecular weight excluding hydrogens is 308 g/mol. The van der Waals surface area contributed by atoms with E-state index in [-0.39, 0.29) is 17.6 Å². The van der Waals surface area contributed by atoms with Crippen molar-refractivity contribution in [2.75, 3.05) is 19.7 Å². The van der Waals surface area contributed by atoms with Gasteiger partial charge in [-0.1, -0.05) is 0 Å². The van der Waals surface area contributed by atoms with Crippen LogP contribution in [0.15, 0.2) is 47.5 Å². The van der Waals surface area contributed by atoms with Crippen LogP contribution in [0, 0.1) is 0 Å². The van der Waals surface area contributed by atoms with Crippen molar-refractivity contribution in [1.29, 1.82) is 0 Å². The minimum absolute atomic E-state index is 0.0276. The Balaban J connectivity index is 1.33. The molecule has 2 aromatic rings. The Bertz CT molecular complexity index is 678. The van der Waals surface area contributed by atoms with Crippen molar-refractivity contribution in [3.8, 4) is 5.75 Å². The molecule has 126 valence electrons. The number of pyridine rings is 1. The molecule has 0 saturated carbocycles. The highest BCUT2D eigenvalue weighted by Crippen LogP contribution is 2.37. The van der Waals surface area contributed by atoms with E-state index in [1.165, 1.54) is 12.5 Å². The number of rotatable bonds is 3. The zero-order chi connectivity index (χ0) is 16.4. The van der Waals surface area contributed by atoms with Crippen LogP contribution in [0.25, 0.3) is 0 Å². The molecule has 0 bridgehead atoms. The Morgan fingerprint density at radius 3 is 2.92 bits per heavy atom. The maximum absolute atomic E-state index is 12.4. The molecule has 2 aliphatic heterocycles. The van der Waals surface area contributed by atoms with Gasteiger partial charge in [0.25, 0.3) is 5.91 Å². The van der Waals surface area contributed by atoms with Crippen molar-refractivity contribution in [3.05, 3.63) is 48.7 Å². The summed E-state index contributed by atoms with van der Waals surface area (Å²) in [7, 11) is 0. The van der Waals surface area contributed by atoms with Gasteiger partial charge >= 0.3 is 0 Å². The van der Waals surface area contributed by atoms with Gasteiger partial charge in [0.15, 0.2) is 0 Å². The molecule has 2 aromatic heterocycles. The Morgan fingerprint density at radius 1 is 1.33 bits per heavy atom. The first-order valence-electron chi connectivity index (χ1n) is 8.26. The molecule has 0 aliphatic carbocycles. The molecular formula is C18H20N2O4. The van der Waals surface area contributed by atoms with Crippen LogP contribution in [0.1, 0.15) is 29.6 Å². The average Bonchev–Trinajstić information content (AvgIpc) is 3.27. The number of furan rings is 1. The number of aromatic nitrogens is 1. The highest BCUT2D eigenvalue weighted by molar-refractivity contribution is 5.93. The van der Waals surface area contributed by atoms with E-state index in [0.29, 0.717) is 25.3 Å². The van der Waals surface area contributed by atoms with Gasteiger partial charge in [0.2, 0.25) is 0 Å². The number of carbonyl (C=O) groups excluding carboxylic acids is 1. The molecule has 24 heavy (non-hydrogen) atoms. The van der Waals surface area contributed by atoms with Crippen molar-refractivity contribution >= 4 is 5.91 Å². The van der Waals surface area contributed by atoms with E-state index in [0.717, 1.165) is 25.0 Å². The molecule has 0 N–H and O–H groups in total. The molecule has 1 atom stereocenters. The molecule has 0 radical (unpaired) electrons. The van der Waals surface area contributed by atoms with Crippen molar-refractivity contribution in [1.82, 2.24) is 9.88 Å². The molecule has 2 fully saturated rings. The van der Waals surface area contributed by atoms with Crippen LogP contribution in [0.5, 0.6) is 5.75 Å². The number of hydrogen-bond acceptors (Lipinski definition) is 5. The summed E-state index contributed by atoms with van der Waals surface area (Å²) in [5.74, 6) is 0.801. The summed E-state index contributed by atoms with van der Waals surface area (Å²) >= 11 is 0. The van der Waals surface area contributed by atoms with Crippen LogP contribution < -0.4 is 4.74 Å². The number of ether oxygens (including phenoxy) is 2. The average molecular weight is 328 g/mol. The molecule has 0 aromatic carbocycles. The molecule has 2 saturated heterocycles. The van der Waals surface area contributed by atoms with Gasteiger partial charge in [-0.05, 0) is 31.0 Å². The smallest absolute Gasteiger partial charge is 0.257 e.